The van der Waals surface area contributed by atoms with Gasteiger partial charge in [0.15, 0.2) is 5.69 Å². The van der Waals surface area contributed by atoms with Crippen molar-refractivity contribution in [3.8, 4) is 22.8 Å². The molecule has 0 amide bonds. The van der Waals surface area contributed by atoms with Gasteiger partial charge >= 0.3 is 11.3 Å². The predicted molar refractivity (Wildman–Crippen MR) is 111 cm³/mol. The minimum atomic E-state index is -0.526. The van der Waals surface area contributed by atoms with Crippen LogP contribution in [0.15, 0.2) is 68.3 Å². The molecule has 0 saturated carbocycles. The quantitative estimate of drug-likeness (QED) is 0.278. The molecule has 0 aliphatic carbocycles. The van der Waals surface area contributed by atoms with E-state index in [-0.39, 0.29) is 5.69 Å². The van der Waals surface area contributed by atoms with Crippen LogP contribution in [0.5, 0.6) is 5.75 Å². The second-order valence-electron chi connectivity index (χ2n) is 5.82. The van der Waals surface area contributed by atoms with Gasteiger partial charge < -0.3 is 4.74 Å². The van der Waals surface area contributed by atoms with Crippen LogP contribution in [0.3, 0.4) is 0 Å². The number of aromatic nitrogens is 3. The van der Waals surface area contributed by atoms with E-state index in [0.29, 0.717) is 27.3 Å². The van der Waals surface area contributed by atoms with E-state index in [1.807, 2.05) is 12.1 Å². The first-order chi connectivity index (χ1) is 14.1. The molecule has 0 fully saturated rings. The van der Waals surface area contributed by atoms with Crippen LogP contribution in [0.4, 0.5) is 5.13 Å². The van der Waals surface area contributed by atoms with Gasteiger partial charge in [0.05, 0.1) is 13.3 Å². The summed E-state index contributed by atoms with van der Waals surface area (Å²) in [5, 5.41) is 9.70. The number of rotatable bonds is 6. The van der Waals surface area contributed by atoms with Crippen molar-refractivity contribution in [1.29, 1.82) is 0 Å². The summed E-state index contributed by atoms with van der Waals surface area (Å²) in [4.78, 5) is 16.7. The van der Waals surface area contributed by atoms with Crippen LogP contribution in [0.1, 0.15) is 5.56 Å². The van der Waals surface area contributed by atoms with Crippen LogP contribution >= 0.6 is 22.9 Å². The fourth-order valence-electron chi connectivity index (χ4n) is 2.55. The number of hydrogen-bond acceptors (Lipinski definition) is 7. The van der Waals surface area contributed by atoms with Crippen molar-refractivity contribution in [2.24, 2.45) is 5.10 Å². The average Bonchev–Trinajstić information content (AvgIpc) is 3.36. The van der Waals surface area contributed by atoms with Crippen LogP contribution in [0, 0.1) is 0 Å². The van der Waals surface area contributed by atoms with Crippen molar-refractivity contribution >= 4 is 34.3 Å². The molecule has 0 saturated heterocycles. The van der Waals surface area contributed by atoms with Gasteiger partial charge in [0.25, 0.3) is 0 Å². The Kier molecular flexibility index (Phi) is 5.41. The molecule has 4 rings (SSSR count). The Morgan fingerprint density at radius 1 is 1.24 bits per heavy atom. The molecule has 0 spiro atoms. The molecule has 2 N–H and O–H groups in total. The highest BCUT2D eigenvalue weighted by molar-refractivity contribution is 7.14. The first-order valence-corrected chi connectivity index (χ1v) is 9.68. The van der Waals surface area contributed by atoms with Crippen LogP contribution < -0.4 is 20.5 Å². The summed E-state index contributed by atoms with van der Waals surface area (Å²) in [6.45, 7) is 0. The molecule has 29 heavy (non-hydrogen) atoms. The second kappa shape index (κ2) is 8.29. The lowest BCUT2D eigenvalue weighted by Gasteiger charge is -1.97. The maximum Gasteiger partial charge on any atom is 0.437 e. The Balaban J connectivity index is 1.55. The van der Waals surface area contributed by atoms with E-state index in [1.54, 1.807) is 55.1 Å². The highest BCUT2D eigenvalue weighted by Gasteiger charge is 2.27. The average molecular weight is 429 g/mol. The maximum absolute atomic E-state index is 12.2. The van der Waals surface area contributed by atoms with Gasteiger partial charge in [-0.1, -0.05) is 23.7 Å². The lowest BCUT2D eigenvalue weighted by Crippen LogP contribution is -2.36. The third-order valence-electron chi connectivity index (χ3n) is 3.97. The Morgan fingerprint density at radius 2 is 2.00 bits per heavy atom. The molecule has 0 aliphatic rings. The van der Waals surface area contributed by atoms with Gasteiger partial charge in [-0.15, -0.1) is 11.3 Å². The number of hydrazone groups is 1. The first kappa shape index (κ1) is 18.9. The van der Waals surface area contributed by atoms with E-state index in [0.717, 1.165) is 5.56 Å². The number of nitrogens with one attached hydrogen (secondary N) is 2. The Hall–Kier alpha value is -3.43. The Morgan fingerprint density at radius 3 is 2.72 bits per heavy atom. The zero-order valence-electron chi connectivity index (χ0n) is 15.1. The van der Waals surface area contributed by atoms with Crippen LogP contribution in [-0.2, 0) is 0 Å². The number of thiazole rings is 1. The van der Waals surface area contributed by atoms with Gasteiger partial charge in [-0.25, -0.2) is 9.78 Å². The number of H-pyrrole nitrogens is 1. The zero-order valence-corrected chi connectivity index (χ0v) is 16.7. The molecule has 4 aromatic rings. The molecular weight excluding hydrogens is 414 g/mol. The number of methoxy groups -OCH3 is 1. The molecule has 10 heteroatoms. The molecular formula is C19H15ClN5O3S+. The highest BCUT2D eigenvalue weighted by atomic mass is 35.5. The smallest absolute Gasteiger partial charge is 0.437 e. The number of nitrogens with zero attached hydrogens (tertiary/aromatic N) is 3. The summed E-state index contributed by atoms with van der Waals surface area (Å²) in [6.07, 6.45) is 1.65. The molecule has 0 bridgehead atoms. The topological polar surface area (TPSA) is 96.4 Å². The zero-order chi connectivity index (χ0) is 20.2. The standard InChI is InChI=1S/C19H14ClN5O3S/c1-27-15-8-6-14(7-9-15)25-17(18(26)28-24-25)16-11-29-19(22-16)23-21-10-12-2-4-13(20)5-3-12/h2-11H,1H3,(H-,22,23,24,26)/p+1/b21-10+. The molecule has 146 valence electrons. The Bertz CT molecular complexity index is 1200. The van der Waals surface area contributed by atoms with Crippen molar-refractivity contribution in [2.45, 2.75) is 0 Å². The number of hydrogen-bond donors (Lipinski definition) is 2. The van der Waals surface area contributed by atoms with E-state index in [2.05, 4.69) is 20.8 Å². The van der Waals surface area contributed by atoms with Crippen LogP contribution in [0.25, 0.3) is 17.1 Å². The van der Waals surface area contributed by atoms with Gasteiger partial charge in [0.1, 0.15) is 5.75 Å². The summed E-state index contributed by atoms with van der Waals surface area (Å²) < 4.78 is 11.7. The summed E-state index contributed by atoms with van der Waals surface area (Å²) in [5.74, 6) is 0.709. The highest BCUT2D eigenvalue weighted by Crippen LogP contribution is 2.22. The molecule has 2 aromatic heterocycles. The van der Waals surface area contributed by atoms with Crippen molar-refractivity contribution in [2.75, 3.05) is 12.5 Å². The van der Waals surface area contributed by atoms with Crippen molar-refractivity contribution < 1.29 is 13.9 Å². The minimum absolute atomic E-state index is 0.279. The van der Waals surface area contributed by atoms with Crippen LogP contribution in [-0.4, -0.2) is 23.6 Å². The third kappa shape index (κ3) is 4.20. The molecule has 2 aromatic carbocycles. The fraction of sp³-hybridized carbons (Fsp3) is 0.0526. The van der Waals surface area contributed by atoms with Crippen molar-refractivity contribution in [1.82, 2.24) is 10.3 Å². The van der Waals surface area contributed by atoms with E-state index in [9.17, 15) is 4.79 Å². The van der Waals surface area contributed by atoms with E-state index < -0.39 is 5.63 Å². The summed E-state index contributed by atoms with van der Waals surface area (Å²) in [5.41, 5.74) is 4.67. The second-order valence-corrected chi connectivity index (χ2v) is 7.12. The number of ether oxygens (including phenoxy) is 1. The summed E-state index contributed by atoms with van der Waals surface area (Å²) in [6, 6.07) is 14.5. The van der Waals surface area contributed by atoms with Crippen molar-refractivity contribution in [3.63, 3.8) is 0 Å². The number of anilines is 1. The summed E-state index contributed by atoms with van der Waals surface area (Å²) >= 11 is 7.18. The van der Waals surface area contributed by atoms with E-state index in [4.69, 9.17) is 20.9 Å². The van der Waals surface area contributed by atoms with Gasteiger partial charge in [-0.05, 0) is 39.8 Å². The SMILES string of the molecule is COc1ccc(-[n+]2[nH]oc(=O)c2-c2csc(N/N=C/c3ccc(Cl)cc3)n2)cc1. The van der Waals surface area contributed by atoms with Gasteiger partial charge in [0, 0.05) is 22.5 Å². The van der Waals surface area contributed by atoms with Gasteiger partial charge in [-0.3, -0.25) is 9.95 Å². The minimum Gasteiger partial charge on any atom is -0.497 e. The number of benzene rings is 2. The molecule has 0 unspecified atom stereocenters. The largest absolute Gasteiger partial charge is 0.497 e. The Labute approximate surface area is 174 Å². The third-order valence-corrected chi connectivity index (χ3v) is 4.97. The first-order valence-electron chi connectivity index (χ1n) is 8.42. The summed E-state index contributed by atoms with van der Waals surface area (Å²) in [7, 11) is 1.59. The molecule has 0 radical (unpaired) electrons. The fourth-order valence-corrected chi connectivity index (χ4v) is 3.32. The van der Waals surface area contributed by atoms with Crippen molar-refractivity contribution in [3.05, 3.63) is 74.9 Å². The number of aromatic amines is 1. The molecule has 0 atom stereocenters. The molecule has 8 nitrogen and oxygen atoms in total. The predicted octanol–water partition coefficient (Wildman–Crippen LogP) is 3.48. The lowest BCUT2D eigenvalue weighted by molar-refractivity contribution is -0.660. The monoisotopic (exact) mass is 428 g/mol. The van der Waals surface area contributed by atoms with E-state index >= 15 is 0 Å². The lowest BCUT2D eigenvalue weighted by atomic mass is 10.2. The number of halogens is 1. The van der Waals surface area contributed by atoms with Gasteiger partial charge in [-0.2, -0.15) is 5.10 Å². The normalized spacial score (nSPS) is 11.1. The molecule has 0 aliphatic heterocycles. The van der Waals surface area contributed by atoms with E-state index in [1.165, 1.54) is 16.0 Å². The van der Waals surface area contributed by atoms with Gasteiger partial charge in [0.2, 0.25) is 10.8 Å². The van der Waals surface area contributed by atoms with Crippen LogP contribution in [0.2, 0.25) is 5.02 Å². The maximum atomic E-state index is 12.2. The molecule has 2 heterocycles.